The third kappa shape index (κ3) is 2.65. The minimum atomic E-state index is -0.741. The molecule has 0 heterocycles. The van der Waals surface area contributed by atoms with Crippen molar-refractivity contribution in [3.05, 3.63) is 24.8 Å². The van der Waals surface area contributed by atoms with Crippen molar-refractivity contribution in [2.24, 2.45) is 11.8 Å². The maximum absolute atomic E-state index is 12.2. The van der Waals surface area contributed by atoms with Crippen LogP contribution >= 0.6 is 0 Å². The lowest BCUT2D eigenvalue weighted by Crippen LogP contribution is -2.58. The Balaban J connectivity index is 2.92. The molecule has 3 nitrogen and oxygen atoms in total. The quantitative estimate of drug-likeness (QED) is 0.756. The van der Waals surface area contributed by atoms with Crippen molar-refractivity contribution in [2.45, 2.75) is 32.2 Å². The Morgan fingerprint density at radius 1 is 1.76 bits per heavy atom. The van der Waals surface area contributed by atoms with Gasteiger partial charge < -0.3 is 5.32 Å². The summed E-state index contributed by atoms with van der Waals surface area (Å²) in [6, 6.07) is 2.26. The number of carbonyl (C=O) groups excluding carboxylic acids is 1. The fourth-order valence-corrected chi connectivity index (χ4v) is 2.30. The fraction of sp³-hybridized carbons (Fsp3) is 0.571. The van der Waals surface area contributed by atoms with Gasteiger partial charge in [0.05, 0.1) is 17.5 Å². The summed E-state index contributed by atoms with van der Waals surface area (Å²) in [5, 5.41) is 12.4. The van der Waals surface area contributed by atoms with Gasteiger partial charge in [-0.1, -0.05) is 18.2 Å². The third-order valence-corrected chi connectivity index (χ3v) is 3.69. The Hall–Kier alpha value is -1.40. The standard InChI is InChI=1S/C14H20N2O/c1-5-6-16-14(4)12(9-15)7-11(10(2)3)8-13(14)17/h5,11-12,16H,1-2,6-8H2,3-4H3/t11-,12+,14-/m0/s1. The van der Waals surface area contributed by atoms with E-state index in [9.17, 15) is 10.1 Å². The summed E-state index contributed by atoms with van der Waals surface area (Å²) in [6.07, 6.45) is 2.89. The molecule has 0 aromatic heterocycles. The molecule has 92 valence electrons. The highest BCUT2D eigenvalue weighted by molar-refractivity contribution is 5.90. The molecular formula is C14H20N2O. The lowest BCUT2D eigenvalue weighted by atomic mass is 9.68. The molecule has 0 aromatic carbocycles. The van der Waals surface area contributed by atoms with Crippen molar-refractivity contribution >= 4 is 5.78 Å². The molecule has 0 aromatic rings. The topological polar surface area (TPSA) is 52.9 Å². The van der Waals surface area contributed by atoms with Crippen molar-refractivity contribution < 1.29 is 4.79 Å². The second-order valence-electron chi connectivity index (χ2n) is 4.96. The van der Waals surface area contributed by atoms with Gasteiger partial charge in [0.2, 0.25) is 0 Å². The molecular weight excluding hydrogens is 212 g/mol. The van der Waals surface area contributed by atoms with Crippen LogP contribution in [-0.2, 0) is 4.79 Å². The molecule has 1 fully saturated rings. The molecule has 0 unspecified atom stereocenters. The first-order chi connectivity index (χ1) is 7.95. The summed E-state index contributed by atoms with van der Waals surface area (Å²) in [7, 11) is 0. The fourth-order valence-electron chi connectivity index (χ4n) is 2.30. The van der Waals surface area contributed by atoms with Gasteiger partial charge in [-0.05, 0) is 26.2 Å². The zero-order valence-electron chi connectivity index (χ0n) is 10.6. The van der Waals surface area contributed by atoms with E-state index in [4.69, 9.17) is 0 Å². The highest BCUT2D eigenvalue weighted by Gasteiger charge is 2.46. The maximum atomic E-state index is 12.2. The van der Waals surface area contributed by atoms with Gasteiger partial charge in [-0.15, -0.1) is 6.58 Å². The maximum Gasteiger partial charge on any atom is 0.154 e. The van der Waals surface area contributed by atoms with Gasteiger partial charge in [0.15, 0.2) is 5.78 Å². The van der Waals surface area contributed by atoms with Gasteiger partial charge in [0, 0.05) is 13.0 Å². The van der Waals surface area contributed by atoms with E-state index in [0.29, 0.717) is 19.4 Å². The van der Waals surface area contributed by atoms with E-state index in [-0.39, 0.29) is 17.6 Å². The Morgan fingerprint density at radius 3 is 2.88 bits per heavy atom. The first kappa shape index (κ1) is 13.7. The number of hydrogen-bond acceptors (Lipinski definition) is 3. The van der Waals surface area contributed by atoms with Crippen LogP contribution in [0.5, 0.6) is 0 Å². The van der Waals surface area contributed by atoms with Crippen molar-refractivity contribution in [1.29, 1.82) is 5.26 Å². The van der Waals surface area contributed by atoms with E-state index in [1.54, 1.807) is 6.08 Å². The molecule has 0 saturated heterocycles. The molecule has 1 N–H and O–H groups in total. The summed E-state index contributed by atoms with van der Waals surface area (Å²) in [5.41, 5.74) is 0.249. The number of nitrogens with zero attached hydrogens (tertiary/aromatic N) is 1. The summed E-state index contributed by atoms with van der Waals surface area (Å²) in [4.78, 5) is 12.2. The normalized spacial score (nSPS) is 32.9. The van der Waals surface area contributed by atoms with Crippen LogP contribution in [0.25, 0.3) is 0 Å². The summed E-state index contributed by atoms with van der Waals surface area (Å²) < 4.78 is 0. The number of Topliss-reactive ketones (excluding diaryl/α,β-unsaturated/α-hetero) is 1. The molecule has 1 aliphatic rings. The van der Waals surface area contributed by atoms with Crippen LogP contribution in [0.3, 0.4) is 0 Å². The predicted octanol–water partition coefficient (Wildman–Crippen LogP) is 2.22. The molecule has 3 atom stereocenters. The first-order valence-electron chi connectivity index (χ1n) is 5.90. The second kappa shape index (κ2) is 5.29. The predicted molar refractivity (Wildman–Crippen MR) is 68.3 cm³/mol. The molecule has 0 spiro atoms. The number of carbonyl (C=O) groups is 1. The van der Waals surface area contributed by atoms with Crippen molar-refractivity contribution in [3.63, 3.8) is 0 Å². The summed E-state index contributed by atoms with van der Waals surface area (Å²) >= 11 is 0. The molecule has 1 aliphatic carbocycles. The molecule has 1 saturated carbocycles. The second-order valence-corrected chi connectivity index (χ2v) is 4.96. The molecule has 1 rings (SSSR count). The third-order valence-electron chi connectivity index (χ3n) is 3.69. The van der Waals surface area contributed by atoms with Crippen LogP contribution in [0.4, 0.5) is 0 Å². The highest BCUT2D eigenvalue weighted by atomic mass is 16.1. The molecule has 0 radical (unpaired) electrons. The number of nitrogens with one attached hydrogen (secondary N) is 1. The zero-order valence-corrected chi connectivity index (χ0v) is 10.6. The van der Waals surface area contributed by atoms with Gasteiger partial charge in [0.1, 0.15) is 0 Å². The monoisotopic (exact) mass is 232 g/mol. The lowest BCUT2D eigenvalue weighted by molar-refractivity contribution is -0.129. The van der Waals surface area contributed by atoms with Crippen LogP contribution in [0, 0.1) is 23.2 Å². The Kier molecular flexibility index (Phi) is 4.25. The number of hydrogen-bond donors (Lipinski definition) is 1. The zero-order chi connectivity index (χ0) is 13.1. The average Bonchev–Trinajstić information content (AvgIpc) is 2.29. The summed E-state index contributed by atoms with van der Waals surface area (Å²) in [6.45, 7) is 11.8. The number of rotatable bonds is 4. The van der Waals surface area contributed by atoms with Gasteiger partial charge in [-0.25, -0.2) is 0 Å². The van der Waals surface area contributed by atoms with E-state index in [0.717, 1.165) is 5.57 Å². The Labute approximate surface area is 103 Å². The van der Waals surface area contributed by atoms with Crippen LogP contribution in [0.15, 0.2) is 24.8 Å². The SMILES string of the molecule is C=CCN[C@]1(C)C(=O)C[C@@H](C(=C)C)C[C@@H]1C#N. The minimum absolute atomic E-state index is 0.102. The highest BCUT2D eigenvalue weighted by Crippen LogP contribution is 2.36. The van der Waals surface area contributed by atoms with Crippen LogP contribution < -0.4 is 5.32 Å². The number of nitriles is 1. The van der Waals surface area contributed by atoms with Crippen LogP contribution in [0.1, 0.15) is 26.7 Å². The lowest BCUT2D eigenvalue weighted by Gasteiger charge is -2.40. The van der Waals surface area contributed by atoms with Crippen molar-refractivity contribution in [3.8, 4) is 6.07 Å². The molecule has 3 heteroatoms. The van der Waals surface area contributed by atoms with Crippen LogP contribution in [-0.4, -0.2) is 17.9 Å². The van der Waals surface area contributed by atoms with Gasteiger partial charge >= 0.3 is 0 Å². The van der Waals surface area contributed by atoms with Gasteiger partial charge in [-0.2, -0.15) is 5.26 Å². The van der Waals surface area contributed by atoms with Gasteiger partial charge in [-0.3, -0.25) is 4.79 Å². The van der Waals surface area contributed by atoms with Crippen molar-refractivity contribution in [1.82, 2.24) is 5.32 Å². The molecule has 0 amide bonds. The van der Waals surface area contributed by atoms with E-state index in [1.165, 1.54) is 0 Å². The van der Waals surface area contributed by atoms with E-state index in [1.807, 2.05) is 13.8 Å². The van der Waals surface area contributed by atoms with Crippen LogP contribution in [0.2, 0.25) is 0 Å². The van der Waals surface area contributed by atoms with Gasteiger partial charge in [0.25, 0.3) is 0 Å². The number of ketones is 1. The Bertz CT molecular complexity index is 380. The van der Waals surface area contributed by atoms with E-state index >= 15 is 0 Å². The van der Waals surface area contributed by atoms with Crippen molar-refractivity contribution in [2.75, 3.05) is 6.54 Å². The summed E-state index contributed by atoms with van der Waals surface area (Å²) in [5.74, 6) is -0.0543. The average molecular weight is 232 g/mol. The largest absolute Gasteiger partial charge is 0.301 e. The number of allylic oxidation sites excluding steroid dienone is 1. The van der Waals surface area contributed by atoms with E-state index in [2.05, 4.69) is 24.5 Å². The molecule has 0 aliphatic heterocycles. The van der Waals surface area contributed by atoms with E-state index < -0.39 is 5.54 Å². The molecule has 17 heavy (non-hydrogen) atoms. The smallest absolute Gasteiger partial charge is 0.154 e. The minimum Gasteiger partial charge on any atom is -0.301 e. The first-order valence-corrected chi connectivity index (χ1v) is 5.90. The molecule has 0 bridgehead atoms. The Morgan fingerprint density at radius 2 is 2.41 bits per heavy atom.